The molecule has 1 saturated carbocycles. The summed E-state index contributed by atoms with van der Waals surface area (Å²) in [6, 6.07) is 24.2. The van der Waals surface area contributed by atoms with Gasteiger partial charge in [-0.25, -0.2) is 8.42 Å². The molecule has 0 bridgehead atoms. The largest absolute Gasteiger partial charge is 0.480 e. The molecule has 2 unspecified atom stereocenters. The Kier molecular flexibility index (Phi) is 5.07. The van der Waals surface area contributed by atoms with E-state index in [0.717, 1.165) is 11.1 Å². The second-order valence-corrected chi connectivity index (χ2v) is 9.53. The van der Waals surface area contributed by atoms with Crippen LogP contribution in [-0.2, 0) is 14.8 Å². The number of carboxylic acid groups (broad SMARTS) is 1. The van der Waals surface area contributed by atoms with Gasteiger partial charge >= 0.3 is 5.97 Å². The summed E-state index contributed by atoms with van der Waals surface area (Å²) in [4.78, 5) is 11.9. The van der Waals surface area contributed by atoms with E-state index in [4.69, 9.17) is 4.42 Å². The molecule has 8 nitrogen and oxygen atoms in total. The van der Waals surface area contributed by atoms with Gasteiger partial charge in [-0.15, -0.1) is 10.2 Å². The normalized spacial score (nSPS) is 19.8. The number of nitrogens with one attached hydrogen (secondary N) is 1. The van der Waals surface area contributed by atoms with Crippen LogP contribution < -0.4 is 4.72 Å². The molecule has 0 radical (unpaired) electrons. The maximum atomic E-state index is 13.0. The van der Waals surface area contributed by atoms with Crippen LogP contribution >= 0.6 is 0 Å². The van der Waals surface area contributed by atoms with E-state index >= 15 is 0 Å². The first-order valence-corrected chi connectivity index (χ1v) is 11.7. The molecule has 0 aliphatic heterocycles. The molecule has 9 heteroatoms. The lowest BCUT2D eigenvalue weighted by molar-refractivity contribution is -0.140. The van der Waals surface area contributed by atoms with Crippen molar-refractivity contribution in [3.05, 3.63) is 90.5 Å². The number of hydrogen-bond acceptors (Lipinski definition) is 6. The van der Waals surface area contributed by atoms with E-state index in [1.165, 1.54) is 12.1 Å². The molecule has 0 saturated heterocycles. The number of nitrogens with zero attached hydrogens (tertiary/aromatic N) is 2. The third-order valence-corrected chi connectivity index (χ3v) is 7.24. The molecule has 3 aromatic carbocycles. The molecule has 33 heavy (non-hydrogen) atoms. The Balaban J connectivity index is 1.37. The Morgan fingerprint density at radius 1 is 0.879 bits per heavy atom. The van der Waals surface area contributed by atoms with Gasteiger partial charge in [0.1, 0.15) is 5.54 Å². The number of carbonyl (C=O) groups is 1. The van der Waals surface area contributed by atoms with Gasteiger partial charge in [0.25, 0.3) is 0 Å². The number of benzene rings is 3. The van der Waals surface area contributed by atoms with Gasteiger partial charge < -0.3 is 9.52 Å². The fourth-order valence-corrected chi connectivity index (χ4v) is 5.26. The zero-order chi connectivity index (χ0) is 23.1. The van der Waals surface area contributed by atoms with Gasteiger partial charge in [0.2, 0.25) is 21.8 Å². The van der Waals surface area contributed by atoms with E-state index in [0.29, 0.717) is 11.5 Å². The average molecular weight is 461 g/mol. The predicted octanol–water partition coefficient (Wildman–Crippen LogP) is 3.69. The van der Waals surface area contributed by atoms with Crippen molar-refractivity contribution in [1.29, 1.82) is 0 Å². The SMILES string of the molecule is O=C(O)C1(NS(=O)(=O)c2ccc(-c3nnc(-c4ccccc4)o3)cc2)CC1c1ccccc1. The maximum absolute atomic E-state index is 13.0. The first-order chi connectivity index (χ1) is 15.9. The Hall–Kier alpha value is -3.82. The summed E-state index contributed by atoms with van der Waals surface area (Å²) in [5.41, 5.74) is 0.542. The topological polar surface area (TPSA) is 122 Å². The minimum absolute atomic E-state index is 0.0478. The minimum Gasteiger partial charge on any atom is -0.480 e. The lowest BCUT2D eigenvalue weighted by Crippen LogP contribution is -2.44. The highest BCUT2D eigenvalue weighted by molar-refractivity contribution is 7.89. The summed E-state index contributed by atoms with van der Waals surface area (Å²) in [7, 11) is -4.08. The molecular formula is C24H19N3O5S. The van der Waals surface area contributed by atoms with Crippen molar-refractivity contribution in [2.45, 2.75) is 22.8 Å². The van der Waals surface area contributed by atoms with Crippen LogP contribution in [0.15, 0.2) is 94.2 Å². The molecule has 1 fully saturated rings. The molecule has 1 aliphatic carbocycles. The van der Waals surface area contributed by atoms with Crippen LogP contribution in [0.25, 0.3) is 22.9 Å². The van der Waals surface area contributed by atoms with Crippen LogP contribution in [0.1, 0.15) is 17.9 Å². The number of hydrogen-bond donors (Lipinski definition) is 2. The van der Waals surface area contributed by atoms with Crippen molar-refractivity contribution in [2.75, 3.05) is 0 Å². The second kappa shape index (κ2) is 7.95. The van der Waals surface area contributed by atoms with Crippen LogP contribution in [0.5, 0.6) is 0 Å². The van der Waals surface area contributed by atoms with Crippen LogP contribution in [0.3, 0.4) is 0 Å². The lowest BCUT2D eigenvalue weighted by Gasteiger charge is -2.15. The van der Waals surface area contributed by atoms with Gasteiger partial charge in [-0.3, -0.25) is 4.79 Å². The molecule has 0 spiro atoms. The van der Waals surface area contributed by atoms with E-state index < -0.39 is 27.4 Å². The Morgan fingerprint density at radius 2 is 1.42 bits per heavy atom. The van der Waals surface area contributed by atoms with Crippen LogP contribution in [0.4, 0.5) is 0 Å². The van der Waals surface area contributed by atoms with Gasteiger partial charge in [0, 0.05) is 17.0 Å². The summed E-state index contributed by atoms with van der Waals surface area (Å²) in [6.45, 7) is 0. The first-order valence-electron chi connectivity index (χ1n) is 10.2. The van der Waals surface area contributed by atoms with Crippen molar-refractivity contribution in [3.8, 4) is 22.9 Å². The van der Waals surface area contributed by atoms with Gasteiger partial charge in [0.15, 0.2) is 0 Å². The molecule has 2 N–H and O–H groups in total. The third kappa shape index (κ3) is 3.92. The fourth-order valence-electron chi connectivity index (χ4n) is 3.86. The van der Waals surface area contributed by atoms with Gasteiger partial charge in [0.05, 0.1) is 4.90 Å². The lowest BCUT2D eigenvalue weighted by atomic mass is 10.1. The van der Waals surface area contributed by atoms with Gasteiger partial charge in [-0.05, 0) is 48.4 Å². The van der Waals surface area contributed by atoms with Crippen molar-refractivity contribution in [1.82, 2.24) is 14.9 Å². The Labute approximate surface area is 190 Å². The number of aliphatic carboxylic acids is 1. The number of rotatable bonds is 7. The summed E-state index contributed by atoms with van der Waals surface area (Å²) in [5.74, 6) is -1.02. The van der Waals surface area contributed by atoms with Crippen LogP contribution in [0, 0.1) is 0 Å². The van der Waals surface area contributed by atoms with E-state index in [9.17, 15) is 18.3 Å². The summed E-state index contributed by atoms with van der Waals surface area (Å²) in [5, 5.41) is 17.8. The molecule has 4 aromatic rings. The fraction of sp³-hybridized carbons (Fsp3) is 0.125. The highest BCUT2D eigenvalue weighted by Crippen LogP contribution is 2.52. The molecule has 1 aliphatic rings. The molecule has 5 rings (SSSR count). The second-order valence-electron chi connectivity index (χ2n) is 7.85. The predicted molar refractivity (Wildman–Crippen MR) is 120 cm³/mol. The standard InChI is InChI=1S/C24H19N3O5S/c28-23(29)24(15-20(24)16-7-3-1-4-8-16)27-33(30,31)19-13-11-18(12-14-19)22-26-25-21(32-22)17-9-5-2-6-10-17/h1-14,20,27H,15H2,(H,28,29). The summed E-state index contributed by atoms with van der Waals surface area (Å²) >= 11 is 0. The van der Waals surface area contributed by atoms with Crippen molar-refractivity contribution >= 4 is 16.0 Å². The van der Waals surface area contributed by atoms with Crippen molar-refractivity contribution in [3.63, 3.8) is 0 Å². The number of sulfonamides is 1. The number of aromatic nitrogens is 2. The smallest absolute Gasteiger partial charge is 0.325 e. The first kappa shape index (κ1) is 21.0. The maximum Gasteiger partial charge on any atom is 0.325 e. The molecule has 166 valence electrons. The molecule has 2 atom stereocenters. The summed E-state index contributed by atoms with van der Waals surface area (Å²) < 4.78 is 34.1. The quantitative estimate of drug-likeness (QED) is 0.430. The monoisotopic (exact) mass is 461 g/mol. The van der Waals surface area contributed by atoms with Crippen LogP contribution in [-0.4, -0.2) is 35.2 Å². The van der Waals surface area contributed by atoms with Gasteiger partial charge in [-0.1, -0.05) is 48.5 Å². The average Bonchev–Trinajstić information content (AvgIpc) is 3.34. The van der Waals surface area contributed by atoms with E-state index in [1.807, 2.05) is 36.4 Å². The summed E-state index contributed by atoms with van der Waals surface area (Å²) in [6.07, 6.45) is 0.188. The molecule has 1 heterocycles. The molecule has 0 amide bonds. The highest BCUT2D eigenvalue weighted by Gasteiger charge is 2.63. The number of carboxylic acids is 1. The van der Waals surface area contributed by atoms with Gasteiger partial charge in [-0.2, -0.15) is 4.72 Å². The van der Waals surface area contributed by atoms with Crippen LogP contribution in [0.2, 0.25) is 0 Å². The molecule has 1 aromatic heterocycles. The van der Waals surface area contributed by atoms with E-state index in [2.05, 4.69) is 14.9 Å². The van der Waals surface area contributed by atoms with Crippen molar-refractivity contribution < 1.29 is 22.7 Å². The minimum atomic E-state index is -4.08. The Bertz CT molecular complexity index is 1400. The van der Waals surface area contributed by atoms with E-state index in [-0.39, 0.29) is 17.2 Å². The molecular weight excluding hydrogens is 442 g/mol. The third-order valence-electron chi connectivity index (χ3n) is 5.72. The van der Waals surface area contributed by atoms with Crippen molar-refractivity contribution in [2.24, 2.45) is 0 Å². The highest BCUT2D eigenvalue weighted by atomic mass is 32.2. The van der Waals surface area contributed by atoms with E-state index in [1.54, 1.807) is 36.4 Å². The zero-order valence-corrected chi connectivity index (χ0v) is 18.1. The Morgan fingerprint density at radius 3 is 2.00 bits per heavy atom. The zero-order valence-electron chi connectivity index (χ0n) is 17.3.